The number of nitrogens with one attached hydrogen (secondary N) is 1. The number of aromatic nitrogens is 2. The first-order chi connectivity index (χ1) is 8.19. The van der Waals surface area contributed by atoms with Gasteiger partial charge in [-0.25, -0.2) is 4.68 Å². The number of aryl methyl sites for hydroxylation is 1. The van der Waals surface area contributed by atoms with Gasteiger partial charge in [0.25, 0.3) is 11.5 Å². The molecule has 1 rings (SSSR count). The Kier molecular flexibility index (Phi) is 5.35. The van der Waals surface area contributed by atoms with Crippen molar-refractivity contribution in [2.24, 2.45) is 0 Å². The molecule has 0 saturated heterocycles. The first-order valence-electron chi connectivity index (χ1n) is 5.54. The third-order valence-electron chi connectivity index (χ3n) is 2.13. The van der Waals surface area contributed by atoms with Crippen LogP contribution in [0.3, 0.4) is 0 Å². The fourth-order valence-corrected chi connectivity index (χ4v) is 1.30. The largest absolute Gasteiger partial charge is 0.383 e. The molecule has 1 N–H and O–H groups in total. The number of ether oxygens (including phenoxy) is 1. The lowest BCUT2D eigenvalue weighted by Crippen LogP contribution is -2.31. The van der Waals surface area contributed by atoms with Crippen LogP contribution in [0.4, 0.5) is 0 Å². The summed E-state index contributed by atoms with van der Waals surface area (Å²) >= 11 is 0. The molecule has 0 aliphatic carbocycles. The summed E-state index contributed by atoms with van der Waals surface area (Å²) in [5.41, 5.74) is 0.0504. The summed E-state index contributed by atoms with van der Waals surface area (Å²) < 4.78 is 6.12. The highest BCUT2D eigenvalue weighted by atomic mass is 16.5. The number of methoxy groups -OCH3 is 1. The van der Waals surface area contributed by atoms with Gasteiger partial charge < -0.3 is 10.1 Å². The van der Waals surface area contributed by atoms with Crippen LogP contribution < -0.4 is 10.9 Å². The van der Waals surface area contributed by atoms with Crippen molar-refractivity contribution in [3.63, 3.8) is 0 Å². The second-order valence-electron chi connectivity index (χ2n) is 3.53. The van der Waals surface area contributed by atoms with E-state index in [4.69, 9.17) is 4.74 Å². The zero-order chi connectivity index (χ0) is 12.7. The molecule has 0 aromatic carbocycles. The van der Waals surface area contributed by atoms with E-state index < -0.39 is 0 Å². The monoisotopic (exact) mass is 239 g/mol. The number of hydrogen-bond donors (Lipinski definition) is 1. The molecule has 1 aromatic heterocycles. The minimum Gasteiger partial charge on any atom is -0.383 e. The van der Waals surface area contributed by atoms with Crippen LogP contribution in [0.25, 0.3) is 0 Å². The molecular weight excluding hydrogens is 222 g/mol. The van der Waals surface area contributed by atoms with E-state index >= 15 is 0 Å². The molecule has 6 heteroatoms. The Balaban J connectivity index is 2.73. The molecule has 0 fully saturated rings. The van der Waals surface area contributed by atoms with Crippen molar-refractivity contribution in [3.8, 4) is 0 Å². The Morgan fingerprint density at radius 2 is 2.29 bits per heavy atom. The van der Waals surface area contributed by atoms with Crippen LogP contribution in [0.1, 0.15) is 23.8 Å². The zero-order valence-corrected chi connectivity index (χ0v) is 10.1. The SMILES string of the molecule is CCCn1nc(C(=O)NCCOC)ccc1=O. The van der Waals surface area contributed by atoms with Gasteiger partial charge in [-0.2, -0.15) is 5.10 Å². The molecule has 0 saturated carbocycles. The van der Waals surface area contributed by atoms with E-state index in [1.165, 1.54) is 16.8 Å². The van der Waals surface area contributed by atoms with Crippen LogP contribution in [-0.4, -0.2) is 35.9 Å². The molecule has 1 heterocycles. The first-order valence-corrected chi connectivity index (χ1v) is 5.54. The lowest BCUT2D eigenvalue weighted by atomic mass is 10.3. The summed E-state index contributed by atoms with van der Waals surface area (Å²) in [4.78, 5) is 23.0. The number of hydrogen-bond acceptors (Lipinski definition) is 4. The molecule has 0 aliphatic heterocycles. The third kappa shape index (κ3) is 3.99. The van der Waals surface area contributed by atoms with Gasteiger partial charge in [-0.3, -0.25) is 9.59 Å². The lowest BCUT2D eigenvalue weighted by Gasteiger charge is -2.06. The van der Waals surface area contributed by atoms with Gasteiger partial charge >= 0.3 is 0 Å². The molecule has 0 atom stereocenters. The molecule has 6 nitrogen and oxygen atoms in total. The highest BCUT2D eigenvalue weighted by Gasteiger charge is 2.08. The van der Waals surface area contributed by atoms with E-state index in [0.29, 0.717) is 19.7 Å². The molecule has 17 heavy (non-hydrogen) atoms. The standard InChI is InChI=1S/C11H17N3O3/c1-3-7-14-10(15)5-4-9(13-14)11(16)12-6-8-17-2/h4-5H,3,6-8H2,1-2H3,(H,12,16). The van der Waals surface area contributed by atoms with Crippen molar-refractivity contribution in [2.45, 2.75) is 19.9 Å². The van der Waals surface area contributed by atoms with Crippen molar-refractivity contribution in [1.82, 2.24) is 15.1 Å². The zero-order valence-electron chi connectivity index (χ0n) is 10.1. The van der Waals surface area contributed by atoms with Crippen molar-refractivity contribution in [2.75, 3.05) is 20.3 Å². The molecule has 1 amide bonds. The number of carbonyl (C=O) groups is 1. The highest BCUT2D eigenvalue weighted by Crippen LogP contribution is 1.91. The summed E-state index contributed by atoms with van der Waals surface area (Å²) in [6, 6.07) is 2.78. The average molecular weight is 239 g/mol. The maximum Gasteiger partial charge on any atom is 0.271 e. The highest BCUT2D eigenvalue weighted by molar-refractivity contribution is 5.91. The maximum absolute atomic E-state index is 11.6. The minimum absolute atomic E-state index is 0.194. The van der Waals surface area contributed by atoms with E-state index in [1.54, 1.807) is 7.11 Å². The predicted octanol–water partition coefficient (Wildman–Crippen LogP) is 0.0295. The summed E-state index contributed by atoms with van der Waals surface area (Å²) in [5.74, 6) is -0.299. The molecule has 0 radical (unpaired) electrons. The summed E-state index contributed by atoms with van der Waals surface area (Å²) in [6.45, 7) is 3.32. The van der Waals surface area contributed by atoms with Crippen LogP contribution in [0.5, 0.6) is 0 Å². The number of nitrogens with zero attached hydrogens (tertiary/aromatic N) is 2. The quantitative estimate of drug-likeness (QED) is 0.711. The van der Waals surface area contributed by atoms with Gasteiger partial charge in [0.1, 0.15) is 5.69 Å². The van der Waals surface area contributed by atoms with Crippen LogP contribution in [0.15, 0.2) is 16.9 Å². The van der Waals surface area contributed by atoms with Gasteiger partial charge in [-0.1, -0.05) is 6.92 Å². The Bertz CT molecular complexity index is 428. The number of amides is 1. The van der Waals surface area contributed by atoms with Crippen molar-refractivity contribution < 1.29 is 9.53 Å². The van der Waals surface area contributed by atoms with Gasteiger partial charge in [0, 0.05) is 26.3 Å². The van der Waals surface area contributed by atoms with E-state index in [9.17, 15) is 9.59 Å². The predicted molar refractivity (Wildman–Crippen MR) is 63.0 cm³/mol. The second kappa shape index (κ2) is 6.80. The van der Waals surface area contributed by atoms with E-state index in [-0.39, 0.29) is 17.2 Å². The third-order valence-corrected chi connectivity index (χ3v) is 2.13. The smallest absolute Gasteiger partial charge is 0.271 e. The van der Waals surface area contributed by atoms with Crippen LogP contribution >= 0.6 is 0 Å². The first kappa shape index (κ1) is 13.4. The van der Waals surface area contributed by atoms with Crippen LogP contribution in [0, 0.1) is 0 Å². The van der Waals surface area contributed by atoms with Crippen molar-refractivity contribution in [3.05, 3.63) is 28.2 Å². The van der Waals surface area contributed by atoms with Crippen molar-refractivity contribution in [1.29, 1.82) is 0 Å². The fourth-order valence-electron chi connectivity index (χ4n) is 1.30. The Morgan fingerprint density at radius 1 is 1.53 bits per heavy atom. The van der Waals surface area contributed by atoms with Gasteiger partial charge in [0.15, 0.2) is 0 Å². The second-order valence-corrected chi connectivity index (χ2v) is 3.53. The van der Waals surface area contributed by atoms with E-state index in [0.717, 1.165) is 6.42 Å². The van der Waals surface area contributed by atoms with Crippen molar-refractivity contribution >= 4 is 5.91 Å². The maximum atomic E-state index is 11.6. The summed E-state index contributed by atoms with van der Waals surface area (Å²) in [5, 5.41) is 6.64. The number of rotatable bonds is 6. The van der Waals surface area contributed by atoms with Gasteiger partial charge in [-0.05, 0) is 12.5 Å². The van der Waals surface area contributed by atoms with E-state index in [2.05, 4.69) is 10.4 Å². The topological polar surface area (TPSA) is 73.2 Å². The van der Waals surface area contributed by atoms with Gasteiger partial charge in [-0.15, -0.1) is 0 Å². The lowest BCUT2D eigenvalue weighted by molar-refractivity contribution is 0.0929. The van der Waals surface area contributed by atoms with Crippen LogP contribution in [0.2, 0.25) is 0 Å². The Hall–Kier alpha value is -1.69. The summed E-state index contributed by atoms with van der Waals surface area (Å²) in [7, 11) is 1.56. The fraction of sp³-hybridized carbons (Fsp3) is 0.545. The average Bonchev–Trinajstić information content (AvgIpc) is 2.32. The van der Waals surface area contributed by atoms with Gasteiger partial charge in [0.2, 0.25) is 0 Å². The molecule has 0 spiro atoms. The van der Waals surface area contributed by atoms with Gasteiger partial charge in [0.05, 0.1) is 6.61 Å². The number of carbonyl (C=O) groups excluding carboxylic acids is 1. The Labute approximate surface area is 99.6 Å². The minimum atomic E-state index is -0.299. The molecule has 94 valence electrons. The molecule has 1 aromatic rings. The van der Waals surface area contributed by atoms with E-state index in [1.807, 2.05) is 6.92 Å². The Morgan fingerprint density at radius 3 is 2.94 bits per heavy atom. The molecule has 0 aliphatic rings. The molecule has 0 bridgehead atoms. The molecular formula is C11H17N3O3. The normalized spacial score (nSPS) is 10.2. The summed E-state index contributed by atoms with van der Waals surface area (Å²) in [6.07, 6.45) is 0.793. The van der Waals surface area contributed by atoms with Crippen LogP contribution in [-0.2, 0) is 11.3 Å². The molecule has 0 unspecified atom stereocenters.